The average molecular weight is 196 g/mol. The molecule has 1 fully saturated rings. The molecule has 0 bridgehead atoms. The van der Waals surface area contributed by atoms with Gasteiger partial charge in [-0.05, 0) is 13.3 Å². The number of hydrogen-bond acceptors (Lipinski definition) is 2. The van der Waals surface area contributed by atoms with Crippen LogP contribution in [0.15, 0.2) is 12.7 Å². The topological polar surface area (TPSA) is 49.4 Å². The van der Waals surface area contributed by atoms with E-state index in [1.807, 2.05) is 0 Å². The van der Waals surface area contributed by atoms with Crippen LogP contribution >= 0.6 is 0 Å². The normalized spacial score (nSPS) is 21.6. The first-order valence-corrected chi connectivity index (χ1v) is 4.85. The van der Waals surface area contributed by atoms with Crippen LogP contribution in [0.25, 0.3) is 0 Å². The summed E-state index contributed by atoms with van der Waals surface area (Å²) in [7, 11) is 0. The number of nitrogens with one attached hydrogen (secondary N) is 1. The summed E-state index contributed by atoms with van der Waals surface area (Å²) in [5, 5.41) is 2.72. The Hall–Kier alpha value is -1.32. The Morgan fingerprint density at radius 1 is 1.79 bits per heavy atom. The van der Waals surface area contributed by atoms with E-state index in [1.165, 1.54) is 0 Å². The summed E-state index contributed by atoms with van der Waals surface area (Å²) >= 11 is 0. The standard InChI is InChI=1S/C10H16N2O2/c1-3-4-5-9(13)12-7-6-11-10(14)8(12)2/h3,8H,1,4-7H2,2H3,(H,11,14). The molecule has 1 atom stereocenters. The van der Waals surface area contributed by atoms with Crippen molar-refractivity contribution < 1.29 is 9.59 Å². The van der Waals surface area contributed by atoms with E-state index in [2.05, 4.69) is 11.9 Å². The predicted octanol–water partition coefficient (Wildman–Crippen LogP) is 0.299. The van der Waals surface area contributed by atoms with E-state index in [0.717, 1.165) is 0 Å². The van der Waals surface area contributed by atoms with Gasteiger partial charge >= 0.3 is 0 Å². The van der Waals surface area contributed by atoms with Crippen molar-refractivity contribution >= 4 is 11.8 Å². The number of carbonyl (C=O) groups excluding carboxylic acids is 2. The number of piperazine rings is 1. The van der Waals surface area contributed by atoms with Crippen LogP contribution in [0.1, 0.15) is 19.8 Å². The molecule has 14 heavy (non-hydrogen) atoms. The zero-order chi connectivity index (χ0) is 10.6. The lowest BCUT2D eigenvalue weighted by molar-refractivity contribution is -0.142. The molecule has 4 heteroatoms. The number of nitrogens with zero attached hydrogens (tertiary/aromatic N) is 1. The summed E-state index contributed by atoms with van der Waals surface area (Å²) in [6, 6.07) is -0.332. The van der Waals surface area contributed by atoms with Gasteiger partial charge < -0.3 is 10.2 Å². The maximum atomic E-state index is 11.6. The Kier molecular flexibility index (Phi) is 3.68. The monoisotopic (exact) mass is 196 g/mol. The van der Waals surface area contributed by atoms with Crippen LogP contribution < -0.4 is 5.32 Å². The molecule has 1 saturated heterocycles. The third kappa shape index (κ3) is 2.34. The Bertz CT molecular complexity index is 251. The van der Waals surface area contributed by atoms with E-state index in [-0.39, 0.29) is 17.9 Å². The molecule has 1 rings (SSSR count). The van der Waals surface area contributed by atoms with Gasteiger partial charge in [-0.25, -0.2) is 0 Å². The molecule has 1 N–H and O–H groups in total. The summed E-state index contributed by atoms with van der Waals surface area (Å²) in [5.41, 5.74) is 0. The van der Waals surface area contributed by atoms with Gasteiger partial charge in [0.05, 0.1) is 0 Å². The Morgan fingerprint density at radius 2 is 2.50 bits per heavy atom. The van der Waals surface area contributed by atoms with Gasteiger partial charge in [-0.1, -0.05) is 6.08 Å². The fourth-order valence-corrected chi connectivity index (χ4v) is 1.49. The lowest BCUT2D eigenvalue weighted by atomic mass is 10.1. The molecule has 0 aromatic heterocycles. The van der Waals surface area contributed by atoms with E-state index in [1.54, 1.807) is 17.9 Å². The van der Waals surface area contributed by atoms with Crippen molar-refractivity contribution in [3.8, 4) is 0 Å². The Labute approximate surface area is 84.0 Å². The highest BCUT2D eigenvalue weighted by molar-refractivity contribution is 5.88. The van der Waals surface area contributed by atoms with E-state index in [0.29, 0.717) is 25.9 Å². The minimum atomic E-state index is -0.332. The van der Waals surface area contributed by atoms with Crippen LogP contribution in [0.2, 0.25) is 0 Å². The lowest BCUT2D eigenvalue weighted by Gasteiger charge is -2.32. The zero-order valence-corrected chi connectivity index (χ0v) is 8.45. The predicted molar refractivity (Wildman–Crippen MR) is 53.6 cm³/mol. The SMILES string of the molecule is C=CCCC(=O)N1CCNC(=O)C1C. The lowest BCUT2D eigenvalue weighted by Crippen LogP contribution is -2.55. The van der Waals surface area contributed by atoms with Crippen molar-refractivity contribution in [2.45, 2.75) is 25.8 Å². The molecule has 1 aliphatic heterocycles. The van der Waals surface area contributed by atoms with Crippen molar-refractivity contribution in [2.75, 3.05) is 13.1 Å². The van der Waals surface area contributed by atoms with Gasteiger partial charge in [0, 0.05) is 19.5 Å². The summed E-state index contributed by atoms with van der Waals surface area (Å²) < 4.78 is 0. The molecule has 0 radical (unpaired) electrons. The van der Waals surface area contributed by atoms with Crippen molar-refractivity contribution in [1.29, 1.82) is 0 Å². The highest BCUT2D eigenvalue weighted by atomic mass is 16.2. The summed E-state index contributed by atoms with van der Waals surface area (Å²) in [4.78, 5) is 24.5. The molecular formula is C10H16N2O2. The van der Waals surface area contributed by atoms with Gasteiger partial charge in [0.1, 0.15) is 6.04 Å². The number of carbonyl (C=O) groups is 2. The fourth-order valence-electron chi connectivity index (χ4n) is 1.49. The molecule has 1 heterocycles. The first kappa shape index (κ1) is 10.8. The molecular weight excluding hydrogens is 180 g/mol. The molecule has 2 amide bonds. The Morgan fingerprint density at radius 3 is 3.14 bits per heavy atom. The van der Waals surface area contributed by atoms with Crippen LogP contribution in [0.5, 0.6) is 0 Å². The number of allylic oxidation sites excluding steroid dienone is 1. The minimum Gasteiger partial charge on any atom is -0.353 e. The molecule has 1 unspecified atom stereocenters. The minimum absolute atomic E-state index is 0.0345. The highest BCUT2D eigenvalue weighted by Crippen LogP contribution is 2.07. The molecule has 0 aromatic carbocycles. The molecule has 0 saturated carbocycles. The van der Waals surface area contributed by atoms with Crippen LogP contribution in [-0.2, 0) is 9.59 Å². The quantitative estimate of drug-likeness (QED) is 0.660. The average Bonchev–Trinajstić information content (AvgIpc) is 2.18. The number of amides is 2. The first-order chi connectivity index (χ1) is 6.66. The van der Waals surface area contributed by atoms with Crippen molar-refractivity contribution in [1.82, 2.24) is 10.2 Å². The second kappa shape index (κ2) is 4.79. The largest absolute Gasteiger partial charge is 0.353 e. The van der Waals surface area contributed by atoms with Crippen molar-refractivity contribution in [3.63, 3.8) is 0 Å². The molecule has 4 nitrogen and oxygen atoms in total. The smallest absolute Gasteiger partial charge is 0.242 e. The number of rotatable bonds is 3. The maximum Gasteiger partial charge on any atom is 0.242 e. The summed E-state index contributed by atoms with van der Waals surface area (Å²) in [6.07, 6.45) is 2.83. The van der Waals surface area contributed by atoms with Gasteiger partial charge in [0.25, 0.3) is 0 Å². The molecule has 1 aliphatic rings. The second-order valence-electron chi connectivity index (χ2n) is 3.38. The maximum absolute atomic E-state index is 11.6. The highest BCUT2D eigenvalue weighted by Gasteiger charge is 2.28. The zero-order valence-electron chi connectivity index (χ0n) is 8.45. The van der Waals surface area contributed by atoms with Gasteiger partial charge in [0.2, 0.25) is 11.8 Å². The van der Waals surface area contributed by atoms with E-state index in [4.69, 9.17) is 0 Å². The van der Waals surface area contributed by atoms with E-state index >= 15 is 0 Å². The first-order valence-electron chi connectivity index (χ1n) is 4.85. The van der Waals surface area contributed by atoms with Gasteiger partial charge in [-0.3, -0.25) is 9.59 Å². The molecule has 0 aliphatic carbocycles. The van der Waals surface area contributed by atoms with Crippen molar-refractivity contribution in [2.24, 2.45) is 0 Å². The van der Waals surface area contributed by atoms with Crippen molar-refractivity contribution in [3.05, 3.63) is 12.7 Å². The van der Waals surface area contributed by atoms with Gasteiger partial charge in [-0.2, -0.15) is 0 Å². The van der Waals surface area contributed by atoms with E-state index < -0.39 is 0 Å². The van der Waals surface area contributed by atoms with Crippen LogP contribution in [0, 0.1) is 0 Å². The number of hydrogen-bond donors (Lipinski definition) is 1. The third-order valence-corrected chi connectivity index (χ3v) is 2.38. The Balaban J connectivity index is 2.52. The van der Waals surface area contributed by atoms with Crippen LogP contribution in [0.4, 0.5) is 0 Å². The molecule has 0 aromatic rings. The summed E-state index contributed by atoms with van der Waals surface area (Å²) in [5.74, 6) is -0.0320. The van der Waals surface area contributed by atoms with Crippen LogP contribution in [0.3, 0.4) is 0 Å². The van der Waals surface area contributed by atoms with Gasteiger partial charge in [0.15, 0.2) is 0 Å². The second-order valence-corrected chi connectivity index (χ2v) is 3.38. The molecule has 78 valence electrons. The van der Waals surface area contributed by atoms with Crippen LogP contribution in [-0.4, -0.2) is 35.8 Å². The van der Waals surface area contributed by atoms with Gasteiger partial charge in [-0.15, -0.1) is 6.58 Å². The summed E-state index contributed by atoms with van der Waals surface area (Å²) in [6.45, 7) is 6.48. The third-order valence-electron chi connectivity index (χ3n) is 2.38. The molecule has 0 spiro atoms. The van der Waals surface area contributed by atoms with E-state index in [9.17, 15) is 9.59 Å². The fraction of sp³-hybridized carbons (Fsp3) is 0.600.